The predicted octanol–water partition coefficient (Wildman–Crippen LogP) is 11.7. The zero-order valence-electron chi connectivity index (χ0n) is 32.7. The summed E-state index contributed by atoms with van der Waals surface area (Å²) in [5, 5.41) is 6.87. The van der Waals surface area contributed by atoms with Crippen LogP contribution in [0.5, 0.6) is 11.5 Å². The Labute approximate surface area is 331 Å². The third-order valence-corrected chi connectivity index (χ3v) is 10.7. The van der Waals surface area contributed by atoms with Gasteiger partial charge < -0.3 is 23.3 Å². The number of benzene rings is 6. The molecule has 0 amide bonds. The molecule has 1 aliphatic heterocycles. The normalized spacial score (nSPS) is 14.3. The van der Waals surface area contributed by atoms with Crippen molar-refractivity contribution in [3.8, 4) is 11.5 Å². The molecule has 1 aliphatic rings. The molecule has 0 N–H and O–H groups in total. The minimum atomic E-state index is -2.34. The van der Waals surface area contributed by atoms with Gasteiger partial charge in [0.15, 0.2) is 5.65 Å². The number of ether oxygens (including phenoxy) is 1. The summed E-state index contributed by atoms with van der Waals surface area (Å²) in [6, 6.07) is 48.3. The van der Waals surface area contributed by atoms with E-state index in [2.05, 4.69) is 108 Å². The minimum Gasteiger partial charge on any atom is -0.509 e. The third kappa shape index (κ3) is 4.66. The van der Waals surface area contributed by atoms with E-state index in [9.17, 15) is 0 Å². The standard InChI is InChI=1S/C47H34N5O.Pt/c1-47(2,3)29-24-37-34-22-21-32(53-31-13-9-12-30(26-31)50-28-49(4)40-18-7-8-19-41(40)50)27-43(34)52-45(37)38(25-29)36-16-10-15-35-33-14-5-6-17-39(33)51(44(35)36)42-20-11-23-48-46(42)52;/h5-25,28H,1-4H3;/q-3;/i4D3;. The molecule has 4 aromatic heterocycles. The molecule has 54 heavy (non-hydrogen) atoms. The van der Waals surface area contributed by atoms with Gasteiger partial charge in [0, 0.05) is 81.3 Å². The molecule has 0 saturated carbocycles. The molecule has 10 aromatic rings. The quantitative estimate of drug-likeness (QED) is 0.166. The van der Waals surface area contributed by atoms with Gasteiger partial charge in [-0.25, -0.2) is 4.98 Å². The molecule has 0 bridgehead atoms. The Balaban J connectivity index is 0.00000396. The number of aromatic nitrogens is 3. The zero-order valence-corrected chi connectivity index (χ0v) is 31.9. The SMILES string of the molecule is [2H]C([2H])([2H])N1[CH-]N(c2[c-]c(Oc3[c-]c4c(cc3)c3cc(C(C)(C)C)cc5c6cccc7c8ccccc8n(c8cccnc8n4c35)c76)ccc2)c2ccccc21.[Pt]. The first-order chi connectivity index (χ1) is 27.0. The molecule has 266 valence electrons. The Morgan fingerprint density at radius 1 is 0.648 bits per heavy atom. The van der Waals surface area contributed by atoms with Crippen molar-refractivity contribution in [3.05, 3.63) is 152 Å². The fraction of sp³-hybridized carbons (Fsp3) is 0.106. The largest absolute Gasteiger partial charge is 0.509 e. The van der Waals surface area contributed by atoms with Crippen molar-refractivity contribution >= 4 is 82.6 Å². The van der Waals surface area contributed by atoms with Crippen LogP contribution < -0.4 is 14.5 Å². The van der Waals surface area contributed by atoms with Gasteiger partial charge in [-0.3, -0.25) is 0 Å². The van der Waals surface area contributed by atoms with Crippen LogP contribution in [0.2, 0.25) is 0 Å². The predicted molar refractivity (Wildman–Crippen MR) is 218 cm³/mol. The first-order valence-corrected chi connectivity index (χ1v) is 17.8. The number of nitrogens with zero attached hydrogens (tertiary/aromatic N) is 5. The van der Waals surface area contributed by atoms with Crippen molar-refractivity contribution in [1.82, 2.24) is 13.8 Å². The topological polar surface area (TPSA) is 37.4 Å². The Hall–Kier alpha value is -5.84. The number of para-hydroxylation sites is 4. The van der Waals surface area contributed by atoms with E-state index >= 15 is 0 Å². The summed E-state index contributed by atoms with van der Waals surface area (Å²) in [7, 11) is 0. The second-order valence-corrected chi connectivity index (χ2v) is 14.8. The van der Waals surface area contributed by atoms with Crippen molar-refractivity contribution in [2.24, 2.45) is 0 Å². The second kappa shape index (κ2) is 11.8. The van der Waals surface area contributed by atoms with Gasteiger partial charge in [0.05, 0.1) is 16.6 Å². The van der Waals surface area contributed by atoms with Gasteiger partial charge in [0.1, 0.15) is 0 Å². The van der Waals surface area contributed by atoms with Crippen LogP contribution in [0.1, 0.15) is 30.4 Å². The van der Waals surface area contributed by atoms with Gasteiger partial charge in [-0.15, -0.1) is 41.4 Å². The van der Waals surface area contributed by atoms with Crippen LogP contribution >= 0.6 is 0 Å². The minimum absolute atomic E-state index is 0. The fourth-order valence-corrected chi connectivity index (χ4v) is 8.24. The van der Waals surface area contributed by atoms with Crippen molar-refractivity contribution in [2.75, 3.05) is 16.8 Å². The Bertz CT molecular complexity index is 3270. The van der Waals surface area contributed by atoms with Crippen LogP contribution in [0, 0.1) is 18.8 Å². The molecule has 7 heteroatoms. The molecule has 6 nitrogen and oxygen atoms in total. The molecular weight excluding hydrogens is 846 g/mol. The van der Waals surface area contributed by atoms with Crippen LogP contribution in [0.3, 0.4) is 0 Å². The van der Waals surface area contributed by atoms with E-state index in [1.165, 1.54) is 21.2 Å². The van der Waals surface area contributed by atoms with Gasteiger partial charge in [0.25, 0.3) is 0 Å². The number of fused-ring (bicyclic) bond motifs is 11. The monoisotopic (exact) mass is 882 g/mol. The number of hydrogen-bond donors (Lipinski definition) is 0. The summed E-state index contributed by atoms with van der Waals surface area (Å²) in [4.78, 5) is 8.26. The fourth-order valence-electron chi connectivity index (χ4n) is 8.24. The average molecular weight is 883 g/mol. The molecule has 6 aromatic carbocycles. The number of rotatable bonds is 3. The van der Waals surface area contributed by atoms with Crippen molar-refractivity contribution in [3.63, 3.8) is 0 Å². The molecule has 0 saturated heterocycles. The van der Waals surface area contributed by atoms with Gasteiger partial charge in [0.2, 0.25) is 0 Å². The molecule has 0 spiro atoms. The van der Waals surface area contributed by atoms with E-state index in [1.807, 2.05) is 65.7 Å². The Kier molecular flexibility index (Phi) is 6.48. The van der Waals surface area contributed by atoms with E-state index in [1.54, 1.807) is 6.67 Å². The number of hydrogen-bond acceptors (Lipinski definition) is 4. The van der Waals surface area contributed by atoms with Crippen LogP contribution in [0.25, 0.3) is 65.5 Å². The third-order valence-electron chi connectivity index (χ3n) is 10.7. The van der Waals surface area contributed by atoms with Gasteiger partial charge in [-0.05, 0) is 59.7 Å². The van der Waals surface area contributed by atoms with E-state index in [0.29, 0.717) is 22.9 Å². The van der Waals surface area contributed by atoms with E-state index < -0.39 is 6.98 Å². The van der Waals surface area contributed by atoms with Crippen LogP contribution in [-0.2, 0) is 26.5 Å². The number of anilines is 3. The molecule has 11 rings (SSSR count). The van der Waals surface area contributed by atoms with Crippen molar-refractivity contribution < 1.29 is 29.9 Å². The van der Waals surface area contributed by atoms with E-state index in [-0.39, 0.29) is 26.5 Å². The van der Waals surface area contributed by atoms with Crippen LogP contribution in [0.15, 0.2) is 128 Å². The van der Waals surface area contributed by atoms with Gasteiger partial charge in [-0.2, -0.15) is 18.8 Å². The smallest absolute Gasteiger partial charge is 0.160 e. The van der Waals surface area contributed by atoms with Crippen LogP contribution in [0.4, 0.5) is 17.1 Å². The van der Waals surface area contributed by atoms with E-state index in [4.69, 9.17) is 13.8 Å². The Morgan fingerprint density at radius 3 is 2.17 bits per heavy atom. The molecule has 0 radical (unpaired) electrons. The average Bonchev–Trinajstić information content (AvgIpc) is 3.85. The molecule has 0 aliphatic carbocycles. The summed E-state index contributed by atoms with van der Waals surface area (Å²) >= 11 is 0. The first-order valence-electron chi connectivity index (χ1n) is 19.3. The van der Waals surface area contributed by atoms with Gasteiger partial charge >= 0.3 is 0 Å². The van der Waals surface area contributed by atoms with E-state index in [0.717, 1.165) is 60.5 Å². The van der Waals surface area contributed by atoms with Crippen molar-refractivity contribution in [2.45, 2.75) is 26.2 Å². The zero-order chi connectivity index (χ0) is 38.1. The molecule has 5 heterocycles. The first kappa shape index (κ1) is 29.6. The maximum absolute atomic E-state index is 8.12. The molecular formula is C47H34N5OPt-3. The summed E-state index contributed by atoms with van der Waals surface area (Å²) in [5.74, 6) is 0.996. The summed E-state index contributed by atoms with van der Waals surface area (Å²) in [6.07, 6.45) is 1.86. The summed E-state index contributed by atoms with van der Waals surface area (Å²) in [6.45, 7) is 6.05. The molecule has 0 fully saturated rings. The maximum atomic E-state index is 8.12. The summed E-state index contributed by atoms with van der Waals surface area (Å²) in [5.41, 5.74) is 9.12. The Morgan fingerprint density at radius 2 is 1.33 bits per heavy atom. The molecule has 0 atom stereocenters. The van der Waals surface area contributed by atoms with Crippen molar-refractivity contribution in [1.29, 1.82) is 0 Å². The summed E-state index contributed by atoms with van der Waals surface area (Å²) < 4.78 is 35.5. The second-order valence-electron chi connectivity index (χ2n) is 14.8. The van der Waals surface area contributed by atoms with Crippen LogP contribution in [-0.4, -0.2) is 20.8 Å². The molecule has 0 unspecified atom stereocenters. The number of pyridine rings is 1. The van der Waals surface area contributed by atoms with Gasteiger partial charge in [-0.1, -0.05) is 80.9 Å². The maximum Gasteiger partial charge on any atom is 0.160 e.